The minimum atomic E-state index is -0.840. The topological polar surface area (TPSA) is 93.7 Å². The molecule has 0 bridgehead atoms. The number of halogens is 1. The lowest BCUT2D eigenvalue weighted by molar-refractivity contribution is -0.137. The highest BCUT2D eigenvalue weighted by atomic mass is 35.5. The van der Waals surface area contributed by atoms with Gasteiger partial charge in [-0.3, -0.25) is 9.20 Å². The van der Waals surface area contributed by atoms with Crippen LogP contribution in [0.15, 0.2) is 53.0 Å². The van der Waals surface area contributed by atoms with Crippen LogP contribution < -0.4 is 10.3 Å². The van der Waals surface area contributed by atoms with E-state index in [1.807, 2.05) is 0 Å². The molecule has 0 aliphatic heterocycles. The number of para-hydroxylation sites is 1. The van der Waals surface area contributed by atoms with Crippen LogP contribution in [0.1, 0.15) is 18.1 Å². The molecule has 3 rings (SSSR count). The van der Waals surface area contributed by atoms with Gasteiger partial charge in [-0.2, -0.15) is 10.2 Å². The maximum absolute atomic E-state index is 13.1. The molecule has 2 aromatic heterocycles. The number of carbonyl (C=O) groups is 1. The van der Waals surface area contributed by atoms with Crippen LogP contribution >= 0.6 is 11.6 Å². The van der Waals surface area contributed by atoms with E-state index in [-0.39, 0.29) is 29.4 Å². The zero-order valence-corrected chi connectivity index (χ0v) is 16.4. The molecule has 0 radical (unpaired) electrons. The lowest BCUT2D eigenvalue weighted by Crippen LogP contribution is -2.20. The monoisotopic (exact) mass is 409 g/mol. The van der Waals surface area contributed by atoms with Crippen molar-refractivity contribution in [1.29, 1.82) is 5.26 Å². The molecule has 0 spiro atoms. The molecule has 0 saturated carbocycles. The number of carbonyl (C=O) groups excluding carboxylic acids is 1. The first kappa shape index (κ1) is 20.1. The minimum absolute atomic E-state index is 0.0716. The Kier molecular flexibility index (Phi) is 5.96. The summed E-state index contributed by atoms with van der Waals surface area (Å²) in [4.78, 5) is 29.6. The Labute approximate surface area is 171 Å². The normalized spacial score (nSPS) is 11.2. The van der Waals surface area contributed by atoms with Gasteiger partial charge in [0.05, 0.1) is 11.6 Å². The second kappa shape index (κ2) is 8.59. The number of nitriles is 1. The minimum Gasteiger partial charge on any atom is -0.462 e. The maximum atomic E-state index is 13.1. The van der Waals surface area contributed by atoms with Crippen molar-refractivity contribution in [2.75, 3.05) is 6.61 Å². The summed E-state index contributed by atoms with van der Waals surface area (Å²) in [6, 6.07) is 12.0. The summed E-state index contributed by atoms with van der Waals surface area (Å²) in [5.74, 6) is -0.634. The third kappa shape index (κ3) is 4.13. The van der Waals surface area contributed by atoms with Gasteiger partial charge in [0.25, 0.3) is 5.56 Å². The lowest BCUT2D eigenvalue weighted by Gasteiger charge is -2.12. The molecule has 0 saturated heterocycles. The zero-order chi connectivity index (χ0) is 21.0. The van der Waals surface area contributed by atoms with Crippen LogP contribution in [0.4, 0.5) is 0 Å². The van der Waals surface area contributed by atoms with E-state index >= 15 is 0 Å². The summed E-state index contributed by atoms with van der Waals surface area (Å²) >= 11 is 6.16. The lowest BCUT2D eigenvalue weighted by atomic mass is 10.2. The highest BCUT2D eigenvalue weighted by molar-refractivity contribution is 6.32. The Morgan fingerprint density at radius 1 is 1.31 bits per heavy atom. The number of hydrogen-bond acceptors (Lipinski definition) is 6. The van der Waals surface area contributed by atoms with Crippen molar-refractivity contribution in [1.82, 2.24) is 9.38 Å². The van der Waals surface area contributed by atoms with Gasteiger partial charge in [-0.05, 0) is 43.7 Å². The smallest absolute Gasteiger partial charge is 0.348 e. The van der Waals surface area contributed by atoms with E-state index in [1.165, 1.54) is 4.40 Å². The summed E-state index contributed by atoms with van der Waals surface area (Å²) in [5.41, 5.74) is 0.208. The van der Waals surface area contributed by atoms with Crippen LogP contribution in [0.3, 0.4) is 0 Å². The molecule has 8 heteroatoms. The third-order valence-electron chi connectivity index (χ3n) is 4.00. The van der Waals surface area contributed by atoms with E-state index in [0.717, 1.165) is 11.6 Å². The number of aromatic nitrogens is 2. The van der Waals surface area contributed by atoms with Crippen molar-refractivity contribution in [2.24, 2.45) is 0 Å². The number of esters is 1. The van der Waals surface area contributed by atoms with Crippen molar-refractivity contribution < 1.29 is 14.3 Å². The van der Waals surface area contributed by atoms with Gasteiger partial charge in [0.2, 0.25) is 5.88 Å². The predicted molar refractivity (Wildman–Crippen MR) is 108 cm³/mol. The van der Waals surface area contributed by atoms with E-state index in [4.69, 9.17) is 21.1 Å². The third-order valence-corrected chi connectivity index (χ3v) is 4.31. The van der Waals surface area contributed by atoms with Crippen LogP contribution in [0, 0.1) is 18.3 Å². The second-order valence-corrected chi connectivity index (χ2v) is 6.35. The molecule has 0 aliphatic carbocycles. The standard InChI is InChI=1S/C21H16ClN3O4/c1-3-28-21(27)14(12-23)11-15-19(29-17-9-5-4-8-16(17)22)24-18-13(2)7-6-10-25(18)20(15)26/h4-11H,3H2,1-2H3/b14-11+. The fourth-order valence-corrected chi connectivity index (χ4v) is 2.79. The summed E-state index contributed by atoms with van der Waals surface area (Å²) in [7, 11) is 0. The summed E-state index contributed by atoms with van der Waals surface area (Å²) < 4.78 is 12.0. The number of rotatable bonds is 5. The van der Waals surface area contributed by atoms with Gasteiger partial charge >= 0.3 is 5.97 Å². The number of nitrogens with zero attached hydrogens (tertiary/aromatic N) is 3. The van der Waals surface area contributed by atoms with Crippen LogP contribution in [0.2, 0.25) is 5.02 Å². The molecular formula is C21H16ClN3O4. The molecule has 3 aromatic rings. The number of pyridine rings is 1. The molecule has 0 unspecified atom stereocenters. The zero-order valence-electron chi connectivity index (χ0n) is 15.7. The van der Waals surface area contributed by atoms with Gasteiger partial charge in [0, 0.05) is 6.20 Å². The average molecular weight is 410 g/mol. The molecule has 0 N–H and O–H groups in total. The predicted octanol–water partition coefficient (Wildman–Crippen LogP) is 3.92. The highest BCUT2D eigenvalue weighted by Gasteiger charge is 2.19. The van der Waals surface area contributed by atoms with Crippen molar-refractivity contribution in [3.8, 4) is 17.7 Å². The van der Waals surface area contributed by atoms with Crippen LogP contribution in [-0.2, 0) is 9.53 Å². The quantitative estimate of drug-likeness (QED) is 0.360. The molecule has 0 atom stereocenters. The molecule has 0 amide bonds. The first-order valence-corrected chi connectivity index (χ1v) is 9.07. The van der Waals surface area contributed by atoms with E-state index in [9.17, 15) is 14.9 Å². The van der Waals surface area contributed by atoms with Crippen LogP contribution in [-0.4, -0.2) is 22.0 Å². The van der Waals surface area contributed by atoms with Gasteiger partial charge in [-0.1, -0.05) is 29.8 Å². The number of ether oxygens (including phenoxy) is 2. The van der Waals surface area contributed by atoms with E-state index in [0.29, 0.717) is 10.7 Å². The fourth-order valence-electron chi connectivity index (χ4n) is 2.62. The Morgan fingerprint density at radius 3 is 2.76 bits per heavy atom. The summed E-state index contributed by atoms with van der Waals surface area (Å²) in [6.07, 6.45) is 2.67. The Morgan fingerprint density at radius 2 is 2.07 bits per heavy atom. The van der Waals surface area contributed by atoms with Gasteiger partial charge in [-0.25, -0.2) is 4.79 Å². The highest BCUT2D eigenvalue weighted by Crippen LogP contribution is 2.30. The van der Waals surface area contributed by atoms with E-state index in [2.05, 4.69) is 4.98 Å². The number of benzene rings is 1. The largest absolute Gasteiger partial charge is 0.462 e. The molecule has 0 aliphatic rings. The van der Waals surface area contributed by atoms with Crippen molar-refractivity contribution in [3.63, 3.8) is 0 Å². The van der Waals surface area contributed by atoms with Gasteiger partial charge in [0.15, 0.2) is 0 Å². The first-order valence-electron chi connectivity index (χ1n) is 8.69. The van der Waals surface area contributed by atoms with E-state index < -0.39 is 11.5 Å². The molecule has 29 heavy (non-hydrogen) atoms. The second-order valence-electron chi connectivity index (χ2n) is 5.94. The fraction of sp³-hybridized carbons (Fsp3) is 0.143. The number of hydrogen-bond donors (Lipinski definition) is 0. The molecule has 2 heterocycles. The molecule has 146 valence electrons. The Hall–Kier alpha value is -3.63. The van der Waals surface area contributed by atoms with Crippen molar-refractivity contribution in [2.45, 2.75) is 13.8 Å². The molecule has 7 nitrogen and oxygen atoms in total. The van der Waals surface area contributed by atoms with E-state index in [1.54, 1.807) is 62.5 Å². The summed E-state index contributed by atoms with van der Waals surface area (Å²) in [5, 5.41) is 9.67. The van der Waals surface area contributed by atoms with Crippen molar-refractivity contribution >= 4 is 29.3 Å². The average Bonchev–Trinajstić information content (AvgIpc) is 2.70. The van der Waals surface area contributed by atoms with Gasteiger partial charge < -0.3 is 9.47 Å². The summed E-state index contributed by atoms with van der Waals surface area (Å²) in [6.45, 7) is 3.51. The Balaban J connectivity index is 2.27. The number of aryl methyl sites for hydroxylation is 1. The van der Waals surface area contributed by atoms with Crippen LogP contribution in [0.5, 0.6) is 11.6 Å². The first-order chi connectivity index (χ1) is 14.0. The molecular weight excluding hydrogens is 394 g/mol. The Bertz CT molecular complexity index is 1220. The maximum Gasteiger partial charge on any atom is 0.348 e. The van der Waals surface area contributed by atoms with Crippen molar-refractivity contribution in [3.05, 3.63) is 74.7 Å². The van der Waals surface area contributed by atoms with Crippen LogP contribution in [0.25, 0.3) is 11.7 Å². The van der Waals surface area contributed by atoms with Gasteiger partial charge in [0.1, 0.15) is 28.6 Å². The number of fused-ring (bicyclic) bond motifs is 1. The molecule has 1 aromatic carbocycles. The molecule has 0 fully saturated rings. The van der Waals surface area contributed by atoms with Gasteiger partial charge in [-0.15, -0.1) is 0 Å². The SMILES string of the molecule is CCOC(=O)/C(C#N)=C/c1c(Oc2ccccc2Cl)nc2c(C)cccn2c1=O.